The van der Waals surface area contributed by atoms with Gasteiger partial charge in [0.05, 0.1) is 13.7 Å². The first kappa shape index (κ1) is 17.8. The number of benzene rings is 1. The highest BCUT2D eigenvalue weighted by atomic mass is 16.5. The van der Waals surface area contributed by atoms with Gasteiger partial charge in [-0.1, -0.05) is 12.1 Å². The van der Waals surface area contributed by atoms with Crippen molar-refractivity contribution < 1.29 is 14.3 Å². The van der Waals surface area contributed by atoms with Gasteiger partial charge in [-0.3, -0.25) is 9.69 Å². The quantitative estimate of drug-likeness (QED) is 0.837. The number of amides is 1. The van der Waals surface area contributed by atoms with E-state index < -0.39 is 0 Å². The number of nitrogens with one attached hydrogen (secondary N) is 1. The summed E-state index contributed by atoms with van der Waals surface area (Å²) in [5, 5.41) is 3.06. The van der Waals surface area contributed by atoms with Gasteiger partial charge in [0.1, 0.15) is 5.75 Å². The Morgan fingerprint density at radius 2 is 2.04 bits per heavy atom. The number of hydrogen-bond acceptors (Lipinski definition) is 4. The predicted octanol–water partition coefficient (Wildman–Crippen LogP) is 2.23. The maximum Gasteiger partial charge on any atom is 0.222 e. The largest absolute Gasteiger partial charge is 0.497 e. The molecule has 1 saturated heterocycles. The highest BCUT2D eigenvalue weighted by molar-refractivity contribution is 5.75. The summed E-state index contributed by atoms with van der Waals surface area (Å²) in [6, 6.07) is 8.60. The molecule has 1 aliphatic rings. The highest BCUT2D eigenvalue weighted by Crippen LogP contribution is 2.35. The van der Waals surface area contributed by atoms with E-state index in [4.69, 9.17) is 9.47 Å². The number of carbonyl (C=O) groups excluding carboxylic acids is 1. The third kappa shape index (κ3) is 4.94. The summed E-state index contributed by atoms with van der Waals surface area (Å²) in [5.41, 5.74) is 1.28. The molecule has 0 saturated carbocycles. The van der Waals surface area contributed by atoms with Crippen molar-refractivity contribution in [2.45, 2.75) is 25.3 Å². The summed E-state index contributed by atoms with van der Waals surface area (Å²) < 4.78 is 10.2. The molecule has 1 N–H and O–H groups in total. The minimum Gasteiger partial charge on any atom is -0.497 e. The molecule has 0 spiro atoms. The van der Waals surface area contributed by atoms with Crippen LogP contribution >= 0.6 is 0 Å². The van der Waals surface area contributed by atoms with E-state index in [0.29, 0.717) is 31.5 Å². The topological polar surface area (TPSA) is 50.8 Å². The van der Waals surface area contributed by atoms with Gasteiger partial charge in [-0.25, -0.2) is 0 Å². The van der Waals surface area contributed by atoms with Crippen LogP contribution in [0.3, 0.4) is 0 Å². The second-order valence-corrected chi connectivity index (χ2v) is 6.15. The summed E-state index contributed by atoms with van der Waals surface area (Å²) in [7, 11) is 5.46. The van der Waals surface area contributed by atoms with Gasteiger partial charge < -0.3 is 14.8 Å². The zero-order valence-corrected chi connectivity index (χ0v) is 14.4. The molecule has 5 heteroatoms. The van der Waals surface area contributed by atoms with Gasteiger partial charge >= 0.3 is 0 Å². The highest BCUT2D eigenvalue weighted by Gasteiger charge is 2.30. The molecule has 0 bridgehead atoms. The number of piperidine rings is 1. The molecule has 1 heterocycles. The Bertz CT molecular complexity index is 490. The Kier molecular flexibility index (Phi) is 6.86. The fraction of sp³-hybridized carbons (Fsp3) is 0.611. The van der Waals surface area contributed by atoms with E-state index in [1.54, 1.807) is 14.2 Å². The number of methoxy groups -OCH3 is 2. The van der Waals surface area contributed by atoms with Crippen LogP contribution in [0.1, 0.15) is 30.9 Å². The molecule has 0 aromatic heterocycles. The zero-order valence-electron chi connectivity index (χ0n) is 14.4. The van der Waals surface area contributed by atoms with Crippen molar-refractivity contribution in [2.24, 2.45) is 5.92 Å². The van der Waals surface area contributed by atoms with Crippen LogP contribution in [-0.2, 0) is 9.53 Å². The van der Waals surface area contributed by atoms with Crippen molar-refractivity contribution in [3.8, 4) is 5.75 Å². The second-order valence-electron chi connectivity index (χ2n) is 6.15. The van der Waals surface area contributed by atoms with Gasteiger partial charge in [-0.15, -0.1) is 0 Å². The van der Waals surface area contributed by atoms with Crippen molar-refractivity contribution in [3.05, 3.63) is 29.8 Å². The molecule has 2 rings (SSSR count). The van der Waals surface area contributed by atoms with Gasteiger partial charge in [-0.2, -0.15) is 0 Å². The average Bonchev–Trinajstić information content (AvgIpc) is 2.58. The van der Waals surface area contributed by atoms with Gasteiger partial charge in [0.2, 0.25) is 5.91 Å². The number of hydrogen-bond donors (Lipinski definition) is 1. The number of ether oxygens (including phenoxy) is 2. The number of carbonyl (C=O) groups is 1. The third-order valence-corrected chi connectivity index (χ3v) is 4.56. The Labute approximate surface area is 139 Å². The van der Waals surface area contributed by atoms with E-state index in [1.165, 1.54) is 12.0 Å². The maximum absolute atomic E-state index is 11.8. The molecule has 0 unspecified atom stereocenters. The van der Waals surface area contributed by atoms with Crippen molar-refractivity contribution in [3.63, 3.8) is 0 Å². The average molecular weight is 320 g/mol. The first-order valence-electron chi connectivity index (χ1n) is 8.25. The molecule has 0 radical (unpaired) electrons. The molecule has 0 aliphatic carbocycles. The van der Waals surface area contributed by atoms with Crippen LogP contribution in [0.5, 0.6) is 5.75 Å². The zero-order chi connectivity index (χ0) is 16.7. The molecule has 5 nitrogen and oxygen atoms in total. The molecule has 1 fully saturated rings. The molecule has 1 amide bonds. The van der Waals surface area contributed by atoms with Crippen LogP contribution < -0.4 is 10.1 Å². The minimum absolute atomic E-state index is 0.0635. The van der Waals surface area contributed by atoms with Crippen LogP contribution in [0.15, 0.2) is 24.3 Å². The monoisotopic (exact) mass is 320 g/mol. The Hall–Kier alpha value is -1.59. The van der Waals surface area contributed by atoms with E-state index in [1.807, 2.05) is 12.1 Å². The van der Waals surface area contributed by atoms with Crippen LogP contribution in [-0.4, -0.2) is 51.8 Å². The lowest BCUT2D eigenvalue weighted by molar-refractivity contribution is -0.122. The smallest absolute Gasteiger partial charge is 0.222 e. The number of rotatable bonds is 7. The molecule has 1 aromatic rings. The standard InChI is InChI=1S/C18H28N2O3/c1-20-11-4-5-15(13-19-17(21)10-12-22-2)18(20)14-6-8-16(23-3)9-7-14/h6-9,15,18H,4-5,10-13H2,1-3H3,(H,19,21)/t15-,18-/m1/s1. The summed E-state index contributed by atoms with van der Waals surface area (Å²) in [5.74, 6) is 1.36. The summed E-state index contributed by atoms with van der Waals surface area (Å²) in [4.78, 5) is 14.2. The van der Waals surface area contributed by atoms with Gasteiger partial charge in [0.25, 0.3) is 0 Å². The van der Waals surface area contributed by atoms with Crippen LogP contribution in [0.2, 0.25) is 0 Å². The lowest BCUT2D eigenvalue weighted by Crippen LogP contribution is -2.41. The summed E-state index contributed by atoms with van der Waals surface area (Å²) in [6.07, 6.45) is 2.72. The van der Waals surface area contributed by atoms with Crippen molar-refractivity contribution in [1.29, 1.82) is 0 Å². The van der Waals surface area contributed by atoms with Crippen molar-refractivity contribution in [1.82, 2.24) is 10.2 Å². The number of nitrogens with zero attached hydrogens (tertiary/aromatic N) is 1. The van der Waals surface area contributed by atoms with E-state index in [0.717, 1.165) is 18.7 Å². The number of likely N-dealkylation sites (tertiary alicyclic amines) is 1. The third-order valence-electron chi connectivity index (χ3n) is 4.56. The summed E-state index contributed by atoms with van der Waals surface area (Å²) in [6.45, 7) is 2.27. The Balaban J connectivity index is 2.01. The molecular weight excluding hydrogens is 292 g/mol. The van der Waals surface area contributed by atoms with E-state index in [-0.39, 0.29) is 5.91 Å². The van der Waals surface area contributed by atoms with E-state index in [2.05, 4.69) is 29.4 Å². The molecule has 1 aromatic carbocycles. The second kappa shape index (κ2) is 8.89. The predicted molar refractivity (Wildman–Crippen MR) is 90.6 cm³/mol. The van der Waals surface area contributed by atoms with Crippen LogP contribution in [0.4, 0.5) is 0 Å². The fourth-order valence-electron chi connectivity index (χ4n) is 3.33. The lowest BCUT2D eigenvalue weighted by Gasteiger charge is -2.39. The van der Waals surface area contributed by atoms with Crippen LogP contribution in [0, 0.1) is 5.92 Å². The fourth-order valence-corrected chi connectivity index (χ4v) is 3.33. The van der Waals surface area contributed by atoms with Gasteiger partial charge in [-0.05, 0) is 50.0 Å². The van der Waals surface area contributed by atoms with E-state index >= 15 is 0 Å². The first-order valence-corrected chi connectivity index (χ1v) is 8.25. The molecule has 23 heavy (non-hydrogen) atoms. The Morgan fingerprint density at radius 1 is 1.30 bits per heavy atom. The molecular formula is C18H28N2O3. The van der Waals surface area contributed by atoms with Gasteiger partial charge in [0.15, 0.2) is 0 Å². The minimum atomic E-state index is 0.0635. The molecule has 1 aliphatic heterocycles. The van der Waals surface area contributed by atoms with E-state index in [9.17, 15) is 4.79 Å². The SMILES string of the molecule is COCCC(=O)NC[C@H]1CCCN(C)[C@@H]1c1ccc(OC)cc1. The van der Waals surface area contributed by atoms with Crippen LogP contribution in [0.25, 0.3) is 0 Å². The normalized spacial score (nSPS) is 21.9. The Morgan fingerprint density at radius 3 is 2.70 bits per heavy atom. The van der Waals surface area contributed by atoms with Crippen molar-refractivity contribution in [2.75, 3.05) is 41.0 Å². The lowest BCUT2D eigenvalue weighted by atomic mass is 9.85. The maximum atomic E-state index is 11.8. The molecule has 2 atom stereocenters. The van der Waals surface area contributed by atoms with Crippen molar-refractivity contribution >= 4 is 5.91 Å². The van der Waals surface area contributed by atoms with Gasteiger partial charge in [0, 0.05) is 26.1 Å². The first-order chi connectivity index (χ1) is 11.2. The summed E-state index contributed by atoms with van der Waals surface area (Å²) >= 11 is 0. The molecule has 128 valence electrons.